The standard InChI is InChI=1S/C26H25N3O/c1-19-8-7-13-25(20(19)2)28-14-16-29(17-15-28)26(30)24-12-6-5-11-23(24)22-10-4-3-9-21(22)18-27/h3-13H,14-17H2,1-2H3. The summed E-state index contributed by atoms with van der Waals surface area (Å²) in [6.45, 7) is 7.28. The summed E-state index contributed by atoms with van der Waals surface area (Å²) < 4.78 is 0. The van der Waals surface area contributed by atoms with Gasteiger partial charge in [-0.25, -0.2) is 0 Å². The Balaban J connectivity index is 1.56. The predicted molar refractivity (Wildman–Crippen MR) is 121 cm³/mol. The second-order valence-corrected chi connectivity index (χ2v) is 7.70. The first-order valence-electron chi connectivity index (χ1n) is 10.3. The van der Waals surface area contributed by atoms with Crippen molar-refractivity contribution in [3.8, 4) is 17.2 Å². The summed E-state index contributed by atoms with van der Waals surface area (Å²) in [5.41, 5.74) is 6.70. The number of benzene rings is 3. The van der Waals surface area contributed by atoms with Crippen LogP contribution in [-0.4, -0.2) is 37.0 Å². The molecule has 1 aliphatic rings. The van der Waals surface area contributed by atoms with Gasteiger partial charge in [0.25, 0.3) is 5.91 Å². The minimum absolute atomic E-state index is 0.0268. The molecule has 4 nitrogen and oxygen atoms in total. The van der Waals surface area contributed by atoms with Crippen molar-refractivity contribution in [3.63, 3.8) is 0 Å². The van der Waals surface area contributed by atoms with Crippen LogP contribution >= 0.6 is 0 Å². The van der Waals surface area contributed by atoms with Crippen LogP contribution in [0.2, 0.25) is 0 Å². The van der Waals surface area contributed by atoms with Crippen LogP contribution < -0.4 is 4.90 Å². The van der Waals surface area contributed by atoms with E-state index in [1.807, 2.05) is 47.4 Å². The van der Waals surface area contributed by atoms with Gasteiger partial charge in [0.2, 0.25) is 0 Å². The van der Waals surface area contributed by atoms with Gasteiger partial charge in [-0.15, -0.1) is 0 Å². The minimum Gasteiger partial charge on any atom is -0.368 e. The highest BCUT2D eigenvalue weighted by Gasteiger charge is 2.25. The second kappa shape index (κ2) is 8.42. The molecule has 1 fully saturated rings. The van der Waals surface area contributed by atoms with Crippen molar-refractivity contribution in [1.82, 2.24) is 4.90 Å². The number of hydrogen-bond acceptors (Lipinski definition) is 3. The average molecular weight is 396 g/mol. The molecule has 0 aromatic heterocycles. The van der Waals surface area contributed by atoms with Crippen molar-refractivity contribution in [3.05, 3.63) is 89.0 Å². The summed E-state index contributed by atoms with van der Waals surface area (Å²) in [5.74, 6) is 0.0268. The summed E-state index contributed by atoms with van der Waals surface area (Å²) >= 11 is 0. The number of rotatable bonds is 3. The lowest BCUT2D eigenvalue weighted by Gasteiger charge is -2.37. The Labute approximate surface area is 178 Å². The van der Waals surface area contributed by atoms with Gasteiger partial charge < -0.3 is 9.80 Å². The first-order chi connectivity index (χ1) is 14.6. The van der Waals surface area contributed by atoms with Gasteiger partial charge in [0.1, 0.15) is 0 Å². The highest BCUT2D eigenvalue weighted by Crippen LogP contribution is 2.29. The number of carbonyl (C=O) groups is 1. The summed E-state index contributed by atoms with van der Waals surface area (Å²) in [7, 11) is 0. The summed E-state index contributed by atoms with van der Waals surface area (Å²) in [6, 6.07) is 23.7. The minimum atomic E-state index is 0.0268. The van der Waals surface area contributed by atoms with Crippen molar-refractivity contribution < 1.29 is 4.79 Å². The number of aryl methyl sites for hydroxylation is 1. The molecule has 0 radical (unpaired) electrons. The molecule has 3 aromatic carbocycles. The topological polar surface area (TPSA) is 47.3 Å². The molecular formula is C26H25N3O. The molecule has 0 unspecified atom stereocenters. The van der Waals surface area contributed by atoms with Gasteiger partial charge in [0.15, 0.2) is 0 Å². The third kappa shape index (κ3) is 3.67. The van der Waals surface area contributed by atoms with Crippen molar-refractivity contribution in [2.24, 2.45) is 0 Å². The van der Waals surface area contributed by atoms with Crippen molar-refractivity contribution in [1.29, 1.82) is 5.26 Å². The molecule has 4 rings (SSSR count). The van der Waals surface area contributed by atoms with E-state index in [1.54, 1.807) is 6.07 Å². The maximum atomic E-state index is 13.4. The normalized spacial score (nSPS) is 13.8. The van der Waals surface area contributed by atoms with Gasteiger partial charge in [-0.2, -0.15) is 5.26 Å². The Morgan fingerprint density at radius 1 is 0.833 bits per heavy atom. The monoisotopic (exact) mass is 395 g/mol. The zero-order valence-corrected chi connectivity index (χ0v) is 17.4. The fourth-order valence-electron chi connectivity index (χ4n) is 4.12. The van der Waals surface area contributed by atoms with E-state index < -0.39 is 0 Å². The van der Waals surface area contributed by atoms with Crippen LogP contribution in [0.15, 0.2) is 66.7 Å². The molecule has 1 saturated heterocycles. The van der Waals surface area contributed by atoms with E-state index in [0.29, 0.717) is 24.2 Å². The lowest BCUT2D eigenvalue weighted by atomic mass is 9.95. The van der Waals surface area contributed by atoms with Gasteiger partial charge in [0.05, 0.1) is 11.6 Å². The quantitative estimate of drug-likeness (QED) is 0.640. The number of nitrogens with zero attached hydrogens (tertiary/aromatic N) is 3. The maximum Gasteiger partial charge on any atom is 0.254 e. The number of piperazine rings is 1. The van der Waals surface area contributed by atoms with Crippen LogP contribution in [0.5, 0.6) is 0 Å². The largest absolute Gasteiger partial charge is 0.368 e. The van der Waals surface area contributed by atoms with E-state index in [0.717, 1.165) is 24.2 Å². The number of amides is 1. The van der Waals surface area contributed by atoms with Crippen LogP contribution in [0.3, 0.4) is 0 Å². The van der Waals surface area contributed by atoms with E-state index in [9.17, 15) is 10.1 Å². The van der Waals surface area contributed by atoms with Gasteiger partial charge in [0, 0.05) is 43.0 Å². The fraction of sp³-hybridized carbons (Fsp3) is 0.231. The van der Waals surface area contributed by atoms with Crippen LogP contribution in [-0.2, 0) is 0 Å². The second-order valence-electron chi connectivity index (χ2n) is 7.70. The van der Waals surface area contributed by atoms with Crippen LogP contribution in [0.4, 0.5) is 5.69 Å². The highest BCUT2D eigenvalue weighted by atomic mass is 16.2. The lowest BCUT2D eigenvalue weighted by Crippen LogP contribution is -2.49. The van der Waals surface area contributed by atoms with Crippen LogP contribution in [0.1, 0.15) is 27.0 Å². The van der Waals surface area contributed by atoms with E-state index >= 15 is 0 Å². The number of nitriles is 1. The number of anilines is 1. The fourth-order valence-corrected chi connectivity index (χ4v) is 4.12. The molecule has 0 saturated carbocycles. The first-order valence-corrected chi connectivity index (χ1v) is 10.3. The van der Waals surface area contributed by atoms with Gasteiger partial charge in [-0.3, -0.25) is 4.79 Å². The molecule has 1 aliphatic heterocycles. The molecule has 0 atom stereocenters. The predicted octanol–water partition coefficient (Wildman–Crippen LogP) is 4.80. The first kappa shape index (κ1) is 19.7. The van der Waals surface area contributed by atoms with E-state index in [1.165, 1.54) is 16.8 Å². The molecule has 150 valence electrons. The lowest BCUT2D eigenvalue weighted by molar-refractivity contribution is 0.0747. The molecule has 0 spiro atoms. The van der Waals surface area contributed by atoms with Crippen molar-refractivity contribution in [2.75, 3.05) is 31.1 Å². The highest BCUT2D eigenvalue weighted by molar-refractivity contribution is 6.01. The zero-order valence-electron chi connectivity index (χ0n) is 17.4. The molecule has 30 heavy (non-hydrogen) atoms. The Morgan fingerprint density at radius 3 is 2.23 bits per heavy atom. The summed E-state index contributed by atoms with van der Waals surface area (Å²) in [6.07, 6.45) is 0. The van der Waals surface area contributed by atoms with Gasteiger partial charge >= 0.3 is 0 Å². The van der Waals surface area contributed by atoms with E-state index in [-0.39, 0.29) is 5.91 Å². The third-order valence-electron chi connectivity index (χ3n) is 5.98. The zero-order chi connectivity index (χ0) is 21.1. The third-order valence-corrected chi connectivity index (χ3v) is 5.98. The SMILES string of the molecule is Cc1cccc(N2CCN(C(=O)c3ccccc3-c3ccccc3C#N)CC2)c1C. The Kier molecular flexibility index (Phi) is 5.54. The molecule has 4 heteroatoms. The molecular weight excluding hydrogens is 370 g/mol. The average Bonchev–Trinajstić information content (AvgIpc) is 2.80. The van der Waals surface area contributed by atoms with Crippen molar-refractivity contribution >= 4 is 11.6 Å². The molecule has 1 heterocycles. The van der Waals surface area contributed by atoms with Crippen LogP contribution in [0.25, 0.3) is 11.1 Å². The smallest absolute Gasteiger partial charge is 0.254 e. The van der Waals surface area contributed by atoms with Gasteiger partial charge in [-0.05, 0) is 48.7 Å². The molecule has 0 aliphatic carbocycles. The van der Waals surface area contributed by atoms with E-state index in [4.69, 9.17) is 0 Å². The Bertz CT molecular complexity index is 1120. The molecule has 0 N–H and O–H groups in total. The van der Waals surface area contributed by atoms with Crippen LogP contribution in [0, 0.1) is 25.2 Å². The van der Waals surface area contributed by atoms with E-state index in [2.05, 4.69) is 43.0 Å². The maximum absolute atomic E-state index is 13.4. The Morgan fingerprint density at radius 2 is 1.50 bits per heavy atom. The summed E-state index contributed by atoms with van der Waals surface area (Å²) in [5, 5.41) is 9.49. The molecule has 0 bridgehead atoms. The molecule has 1 amide bonds. The Hall–Kier alpha value is -3.58. The number of hydrogen-bond donors (Lipinski definition) is 0. The number of carbonyl (C=O) groups excluding carboxylic acids is 1. The van der Waals surface area contributed by atoms with Crippen molar-refractivity contribution in [2.45, 2.75) is 13.8 Å². The summed E-state index contributed by atoms with van der Waals surface area (Å²) in [4.78, 5) is 17.7. The molecule has 3 aromatic rings. The van der Waals surface area contributed by atoms with Gasteiger partial charge in [-0.1, -0.05) is 48.5 Å².